The molecule has 0 aromatic carbocycles. The van der Waals surface area contributed by atoms with Crippen molar-refractivity contribution in [3.05, 3.63) is 18.0 Å². The predicted octanol–water partition coefficient (Wildman–Crippen LogP) is 0.905. The van der Waals surface area contributed by atoms with E-state index in [1.54, 1.807) is 4.68 Å². The summed E-state index contributed by atoms with van der Waals surface area (Å²) in [5.41, 5.74) is 0.932. The number of carbonyl (C=O) groups excluding carboxylic acids is 1. The summed E-state index contributed by atoms with van der Waals surface area (Å²) in [5, 5.41) is 18.9. The number of carboxylic acids is 1. The summed E-state index contributed by atoms with van der Waals surface area (Å²) in [5.74, 6) is -1.10. The Hall–Kier alpha value is -2.05. The highest BCUT2D eigenvalue weighted by molar-refractivity contribution is 5.74. The zero-order valence-corrected chi connectivity index (χ0v) is 12.2. The summed E-state index contributed by atoms with van der Waals surface area (Å²) in [6, 6.07) is 1.63. The molecule has 116 valence electrons. The highest BCUT2D eigenvalue weighted by Gasteiger charge is 2.27. The third-order valence-corrected chi connectivity index (χ3v) is 3.79. The molecule has 1 fully saturated rings. The zero-order chi connectivity index (χ0) is 15.2. The minimum absolute atomic E-state index is 0.0466. The van der Waals surface area contributed by atoms with Gasteiger partial charge in [-0.15, -0.1) is 0 Å². The van der Waals surface area contributed by atoms with Crippen LogP contribution >= 0.6 is 0 Å². The van der Waals surface area contributed by atoms with Crippen molar-refractivity contribution >= 4 is 12.0 Å². The number of rotatable bonds is 5. The lowest BCUT2D eigenvalue weighted by Crippen LogP contribution is -2.45. The van der Waals surface area contributed by atoms with Crippen LogP contribution in [0.15, 0.2) is 12.3 Å². The van der Waals surface area contributed by atoms with Crippen LogP contribution in [0.25, 0.3) is 0 Å². The molecule has 2 amide bonds. The fraction of sp³-hybridized carbons (Fsp3) is 0.643. The predicted molar refractivity (Wildman–Crippen MR) is 76.8 cm³/mol. The molecule has 3 N–H and O–H groups in total. The zero-order valence-electron chi connectivity index (χ0n) is 12.2. The average molecular weight is 294 g/mol. The van der Waals surface area contributed by atoms with Crippen molar-refractivity contribution in [2.24, 2.45) is 13.0 Å². The van der Waals surface area contributed by atoms with Gasteiger partial charge < -0.3 is 15.7 Å². The molecule has 2 rings (SSSR count). The molecule has 0 spiro atoms. The molecule has 0 bridgehead atoms. The van der Waals surface area contributed by atoms with Crippen LogP contribution in [0.3, 0.4) is 0 Å². The smallest absolute Gasteiger partial charge is 0.315 e. The molecule has 1 saturated carbocycles. The molecule has 0 aliphatic heterocycles. The van der Waals surface area contributed by atoms with E-state index in [0.29, 0.717) is 25.8 Å². The van der Waals surface area contributed by atoms with Gasteiger partial charge in [-0.05, 0) is 25.3 Å². The monoisotopic (exact) mass is 294 g/mol. The van der Waals surface area contributed by atoms with Gasteiger partial charge in [0, 0.05) is 32.3 Å². The maximum atomic E-state index is 11.8. The second kappa shape index (κ2) is 7.10. The van der Waals surface area contributed by atoms with Gasteiger partial charge in [0.2, 0.25) is 0 Å². The third kappa shape index (κ3) is 4.77. The molecular formula is C14H22N4O3. The molecule has 0 radical (unpaired) electrons. The maximum absolute atomic E-state index is 11.8. The van der Waals surface area contributed by atoms with E-state index in [1.807, 2.05) is 19.3 Å². The van der Waals surface area contributed by atoms with Crippen molar-refractivity contribution in [2.45, 2.75) is 38.1 Å². The molecule has 7 nitrogen and oxygen atoms in total. The second-order valence-corrected chi connectivity index (χ2v) is 5.53. The van der Waals surface area contributed by atoms with Gasteiger partial charge in [0.1, 0.15) is 0 Å². The van der Waals surface area contributed by atoms with Crippen molar-refractivity contribution in [3.8, 4) is 0 Å². The van der Waals surface area contributed by atoms with Crippen molar-refractivity contribution in [1.82, 2.24) is 20.4 Å². The minimum atomic E-state index is -0.767. The van der Waals surface area contributed by atoms with Gasteiger partial charge in [-0.3, -0.25) is 9.48 Å². The molecule has 1 aliphatic carbocycles. The van der Waals surface area contributed by atoms with Crippen LogP contribution in [-0.2, 0) is 18.3 Å². The van der Waals surface area contributed by atoms with Crippen LogP contribution in [0.2, 0.25) is 0 Å². The second-order valence-electron chi connectivity index (χ2n) is 5.53. The van der Waals surface area contributed by atoms with Crippen molar-refractivity contribution < 1.29 is 14.7 Å². The molecule has 21 heavy (non-hydrogen) atoms. The SMILES string of the molecule is Cn1ccc(CCNC(=O)NC2CCCC(C(=O)O)C2)n1. The van der Waals surface area contributed by atoms with E-state index in [4.69, 9.17) is 5.11 Å². The van der Waals surface area contributed by atoms with Crippen LogP contribution in [-0.4, -0.2) is 39.5 Å². The first-order valence-corrected chi connectivity index (χ1v) is 7.30. The van der Waals surface area contributed by atoms with Crippen LogP contribution < -0.4 is 10.6 Å². The first-order valence-electron chi connectivity index (χ1n) is 7.30. The van der Waals surface area contributed by atoms with E-state index in [1.165, 1.54) is 0 Å². The van der Waals surface area contributed by atoms with E-state index in [9.17, 15) is 9.59 Å². The summed E-state index contributed by atoms with van der Waals surface area (Å²) >= 11 is 0. The Kier molecular flexibility index (Phi) is 5.19. The Morgan fingerprint density at radius 2 is 2.29 bits per heavy atom. The normalized spacial score (nSPS) is 21.8. The first-order chi connectivity index (χ1) is 10.0. The Balaban J connectivity index is 1.68. The van der Waals surface area contributed by atoms with Gasteiger partial charge in [0.15, 0.2) is 0 Å². The molecule has 1 aromatic heterocycles. The molecule has 0 saturated heterocycles. The number of nitrogens with one attached hydrogen (secondary N) is 2. The lowest BCUT2D eigenvalue weighted by Gasteiger charge is -2.27. The number of aryl methyl sites for hydroxylation is 1. The quantitative estimate of drug-likeness (QED) is 0.752. The van der Waals surface area contributed by atoms with Gasteiger partial charge in [0.05, 0.1) is 11.6 Å². The van der Waals surface area contributed by atoms with E-state index in [2.05, 4.69) is 15.7 Å². The van der Waals surface area contributed by atoms with E-state index in [0.717, 1.165) is 18.5 Å². The van der Waals surface area contributed by atoms with Gasteiger partial charge >= 0.3 is 12.0 Å². The fourth-order valence-corrected chi connectivity index (χ4v) is 2.68. The van der Waals surface area contributed by atoms with Crippen molar-refractivity contribution in [3.63, 3.8) is 0 Å². The van der Waals surface area contributed by atoms with Gasteiger partial charge in [-0.2, -0.15) is 5.10 Å². The molecule has 2 atom stereocenters. The van der Waals surface area contributed by atoms with Crippen LogP contribution in [0.1, 0.15) is 31.4 Å². The average Bonchev–Trinajstić information content (AvgIpc) is 2.84. The number of amides is 2. The molecule has 7 heteroatoms. The largest absolute Gasteiger partial charge is 0.481 e. The number of aliphatic carboxylic acids is 1. The first kappa shape index (κ1) is 15.3. The number of hydrogen-bond acceptors (Lipinski definition) is 3. The van der Waals surface area contributed by atoms with E-state index in [-0.39, 0.29) is 18.0 Å². The molecule has 1 aromatic rings. The lowest BCUT2D eigenvalue weighted by molar-refractivity contribution is -0.143. The minimum Gasteiger partial charge on any atom is -0.481 e. The van der Waals surface area contributed by atoms with Crippen molar-refractivity contribution in [1.29, 1.82) is 0 Å². The Morgan fingerprint density at radius 1 is 1.48 bits per heavy atom. The third-order valence-electron chi connectivity index (χ3n) is 3.79. The number of hydrogen-bond donors (Lipinski definition) is 3. The Bertz CT molecular complexity index is 500. The number of urea groups is 1. The maximum Gasteiger partial charge on any atom is 0.315 e. The standard InChI is InChI=1S/C14H22N4O3/c1-18-8-6-11(17-18)5-7-15-14(21)16-12-4-2-3-10(9-12)13(19)20/h6,8,10,12H,2-5,7,9H2,1H3,(H,19,20)(H2,15,16,21). The van der Waals surface area contributed by atoms with E-state index < -0.39 is 5.97 Å². The Labute approximate surface area is 123 Å². The molecular weight excluding hydrogens is 272 g/mol. The number of nitrogens with zero attached hydrogens (tertiary/aromatic N) is 2. The van der Waals surface area contributed by atoms with Gasteiger partial charge in [0.25, 0.3) is 0 Å². The lowest BCUT2D eigenvalue weighted by atomic mass is 9.86. The van der Waals surface area contributed by atoms with Gasteiger partial charge in [-0.25, -0.2) is 4.79 Å². The molecule has 2 unspecified atom stereocenters. The summed E-state index contributed by atoms with van der Waals surface area (Å²) in [6.07, 6.45) is 5.45. The molecule has 1 aliphatic rings. The van der Waals surface area contributed by atoms with E-state index >= 15 is 0 Å². The summed E-state index contributed by atoms with van der Waals surface area (Å²) in [4.78, 5) is 22.8. The van der Waals surface area contributed by atoms with Gasteiger partial charge in [-0.1, -0.05) is 6.42 Å². The highest BCUT2D eigenvalue weighted by Crippen LogP contribution is 2.24. The summed E-state index contributed by atoms with van der Waals surface area (Å²) in [6.45, 7) is 0.512. The number of carbonyl (C=O) groups is 2. The number of carboxylic acid groups (broad SMARTS) is 1. The summed E-state index contributed by atoms with van der Waals surface area (Å²) in [7, 11) is 1.85. The highest BCUT2D eigenvalue weighted by atomic mass is 16.4. The van der Waals surface area contributed by atoms with Crippen LogP contribution in [0.5, 0.6) is 0 Å². The van der Waals surface area contributed by atoms with Crippen LogP contribution in [0, 0.1) is 5.92 Å². The Morgan fingerprint density at radius 3 is 2.95 bits per heavy atom. The topological polar surface area (TPSA) is 96.2 Å². The number of aromatic nitrogens is 2. The van der Waals surface area contributed by atoms with Crippen LogP contribution in [0.4, 0.5) is 4.79 Å². The fourth-order valence-electron chi connectivity index (χ4n) is 2.68. The summed E-state index contributed by atoms with van der Waals surface area (Å²) < 4.78 is 1.73. The van der Waals surface area contributed by atoms with Crippen molar-refractivity contribution in [2.75, 3.05) is 6.54 Å². The molecule has 1 heterocycles.